The Kier molecular flexibility index (Phi) is 3.74. The number of carbonyl (C=O) groups is 2. The molecule has 19 heavy (non-hydrogen) atoms. The molecular formula is C14H18N2O3. The van der Waals surface area contributed by atoms with E-state index in [4.69, 9.17) is 5.11 Å². The van der Waals surface area contributed by atoms with E-state index in [-0.39, 0.29) is 18.5 Å². The van der Waals surface area contributed by atoms with E-state index in [2.05, 4.69) is 5.32 Å². The molecule has 1 aromatic carbocycles. The highest BCUT2D eigenvalue weighted by molar-refractivity contribution is 5.90. The van der Waals surface area contributed by atoms with Crippen molar-refractivity contribution in [2.24, 2.45) is 11.8 Å². The van der Waals surface area contributed by atoms with Crippen LogP contribution in [0, 0.1) is 18.8 Å². The number of carbonyl (C=O) groups excluding carboxylic acids is 1. The molecule has 1 fully saturated rings. The molecule has 2 amide bonds. The van der Waals surface area contributed by atoms with Crippen molar-refractivity contribution < 1.29 is 14.7 Å². The van der Waals surface area contributed by atoms with Crippen molar-refractivity contribution >= 4 is 17.7 Å². The normalized spacial score (nSPS) is 22.3. The van der Waals surface area contributed by atoms with E-state index in [0.717, 1.165) is 11.3 Å². The largest absolute Gasteiger partial charge is 0.481 e. The molecule has 1 aliphatic rings. The summed E-state index contributed by atoms with van der Waals surface area (Å²) in [6.45, 7) is 4.53. The van der Waals surface area contributed by atoms with E-state index in [9.17, 15) is 9.59 Å². The lowest BCUT2D eigenvalue weighted by atomic mass is 9.99. The molecule has 2 unspecified atom stereocenters. The first-order chi connectivity index (χ1) is 8.99. The van der Waals surface area contributed by atoms with Gasteiger partial charge in [0.05, 0.1) is 5.92 Å². The van der Waals surface area contributed by atoms with Crippen LogP contribution in [0.2, 0.25) is 0 Å². The van der Waals surface area contributed by atoms with Crippen LogP contribution in [0.1, 0.15) is 12.5 Å². The van der Waals surface area contributed by atoms with Crippen molar-refractivity contribution in [3.63, 3.8) is 0 Å². The van der Waals surface area contributed by atoms with E-state index in [1.165, 1.54) is 0 Å². The number of nitrogens with zero attached hydrogens (tertiary/aromatic N) is 1. The smallest absolute Gasteiger partial charge is 0.321 e. The molecular weight excluding hydrogens is 244 g/mol. The number of amides is 2. The summed E-state index contributed by atoms with van der Waals surface area (Å²) in [7, 11) is 0. The van der Waals surface area contributed by atoms with Gasteiger partial charge in [-0.15, -0.1) is 0 Å². The molecule has 1 aliphatic heterocycles. The zero-order valence-electron chi connectivity index (χ0n) is 11.1. The third kappa shape index (κ3) is 2.86. The molecule has 2 atom stereocenters. The number of hydrogen-bond acceptors (Lipinski definition) is 2. The van der Waals surface area contributed by atoms with Crippen molar-refractivity contribution in [3.8, 4) is 0 Å². The minimum atomic E-state index is -0.835. The summed E-state index contributed by atoms with van der Waals surface area (Å²) in [6, 6.07) is 7.28. The number of aryl methyl sites for hydroxylation is 1. The topological polar surface area (TPSA) is 69.6 Å². The van der Waals surface area contributed by atoms with Crippen LogP contribution in [0.3, 0.4) is 0 Å². The standard InChI is InChI=1S/C14H18N2O3/c1-9-5-3-4-6-12(9)15-14(19)16-7-10(2)11(8-16)13(17)18/h3-6,10-11H,7-8H2,1-2H3,(H,15,19)(H,17,18). The first kappa shape index (κ1) is 13.4. The maximum atomic E-state index is 12.1. The molecule has 0 bridgehead atoms. The lowest BCUT2D eigenvalue weighted by molar-refractivity contribution is -0.142. The highest BCUT2D eigenvalue weighted by atomic mass is 16.4. The number of para-hydroxylation sites is 1. The maximum absolute atomic E-state index is 12.1. The summed E-state index contributed by atoms with van der Waals surface area (Å²) < 4.78 is 0. The monoisotopic (exact) mass is 262 g/mol. The molecule has 102 valence electrons. The number of hydrogen-bond donors (Lipinski definition) is 2. The van der Waals surface area contributed by atoms with Gasteiger partial charge in [0.15, 0.2) is 0 Å². The number of anilines is 1. The zero-order valence-corrected chi connectivity index (χ0v) is 11.1. The number of aliphatic carboxylic acids is 1. The van der Waals surface area contributed by atoms with E-state index < -0.39 is 11.9 Å². The van der Waals surface area contributed by atoms with Gasteiger partial charge in [-0.2, -0.15) is 0 Å². The van der Waals surface area contributed by atoms with Gasteiger partial charge in [0.25, 0.3) is 0 Å². The number of benzene rings is 1. The number of urea groups is 1. The molecule has 0 radical (unpaired) electrons. The van der Waals surface area contributed by atoms with Gasteiger partial charge in [-0.1, -0.05) is 25.1 Å². The SMILES string of the molecule is Cc1ccccc1NC(=O)N1CC(C)C(C(=O)O)C1. The van der Waals surface area contributed by atoms with E-state index in [1.54, 1.807) is 4.90 Å². The second kappa shape index (κ2) is 5.30. The number of nitrogens with one attached hydrogen (secondary N) is 1. The highest BCUT2D eigenvalue weighted by Crippen LogP contribution is 2.24. The van der Waals surface area contributed by atoms with Crippen molar-refractivity contribution in [2.45, 2.75) is 13.8 Å². The lowest BCUT2D eigenvalue weighted by Crippen LogP contribution is -2.34. The van der Waals surface area contributed by atoms with Crippen molar-refractivity contribution in [1.82, 2.24) is 4.90 Å². The molecule has 2 N–H and O–H groups in total. The van der Waals surface area contributed by atoms with Gasteiger partial charge >= 0.3 is 12.0 Å². The Morgan fingerprint density at radius 2 is 2.00 bits per heavy atom. The predicted octanol–water partition coefficient (Wildman–Crippen LogP) is 2.18. The maximum Gasteiger partial charge on any atom is 0.321 e. The Bertz CT molecular complexity index is 501. The van der Waals surface area contributed by atoms with Gasteiger partial charge in [-0.3, -0.25) is 4.79 Å². The van der Waals surface area contributed by atoms with Gasteiger partial charge < -0.3 is 15.3 Å². The molecule has 1 heterocycles. The average molecular weight is 262 g/mol. The summed E-state index contributed by atoms with van der Waals surface area (Å²) in [6.07, 6.45) is 0. The average Bonchev–Trinajstić information content (AvgIpc) is 2.74. The summed E-state index contributed by atoms with van der Waals surface area (Å²) in [4.78, 5) is 24.7. The molecule has 2 rings (SSSR count). The minimum absolute atomic E-state index is 0.0138. The van der Waals surface area contributed by atoms with Crippen LogP contribution in [0.15, 0.2) is 24.3 Å². The van der Waals surface area contributed by atoms with E-state index in [1.807, 2.05) is 38.1 Å². The summed E-state index contributed by atoms with van der Waals surface area (Å²) in [5.41, 5.74) is 1.75. The highest BCUT2D eigenvalue weighted by Gasteiger charge is 2.36. The summed E-state index contributed by atoms with van der Waals surface area (Å²) >= 11 is 0. The third-order valence-electron chi connectivity index (χ3n) is 3.60. The Morgan fingerprint density at radius 1 is 1.32 bits per heavy atom. The molecule has 0 spiro atoms. The minimum Gasteiger partial charge on any atom is -0.481 e. The Labute approximate surface area is 112 Å². The number of carboxylic acids is 1. The number of rotatable bonds is 2. The molecule has 5 heteroatoms. The van der Waals surface area contributed by atoms with Crippen molar-refractivity contribution in [3.05, 3.63) is 29.8 Å². The Hall–Kier alpha value is -2.04. The molecule has 1 saturated heterocycles. The van der Waals surface area contributed by atoms with E-state index >= 15 is 0 Å². The fourth-order valence-electron chi connectivity index (χ4n) is 2.36. The zero-order chi connectivity index (χ0) is 14.0. The van der Waals surface area contributed by atoms with Gasteiger partial charge in [0, 0.05) is 18.8 Å². The molecule has 0 aromatic heterocycles. The second-order valence-corrected chi connectivity index (χ2v) is 5.07. The van der Waals surface area contributed by atoms with Gasteiger partial charge in [0.2, 0.25) is 0 Å². The van der Waals surface area contributed by atoms with Gasteiger partial charge in [-0.25, -0.2) is 4.79 Å². The number of carboxylic acid groups (broad SMARTS) is 1. The summed E-state index contributed by atoms with van der Waals surface area (Å²) in [5.74, 6) is -1.32. The summed E-state index contributed by atoms with van der Waals surface area (Å²) in [5, 5.41) is 11.9. The molecule has 0 saturated carbocycles. The van der Waals surface area contributed by atoms with Crippen molar-refractivity contribution in [2.75, 3.05) is 18.4 Å². The molecule has 1 aromatic rings. The van der Waals surface area contributed by atoms with Crippen molar-refractivity contribution in [1.29, 1.82) is 0 Å². The first-order valence-electron chi connectivity index (χ1n) is 6.33. The fraction of sp³-hybridized carbons (Fsp3) is 0.429. The Morgan fingerprint density at radius 3 is 2.58 bits per heavy atom. The van der Waals surface area contributed by atoms with Crippen LogP contribution in [0.25, 0.3) is 0 Å². The third-order valence-corrected chi connectivity index (χ3v) is 3.60. The van der Waals surface area contributed by atoms with Crippen LogP contribution in [-0.4, -0.2) is 35.1 Å². The lowest BCUT2D eigenvalue weighted by Gasteiger charge is -2.17. The van der Waals surface area contributed by atoms with Crippen LogP contribution in [-0.2, 0) is 4.79 Å². The van der Waals surface area contributed by atoms with Crippen LogP contribution < -0.4 is 5.32 Å². The Balaban J connectivity index is 2.02. The van der Waals surface area contributed by atoms with Gasteiger partial charge in [-0.05, 0) is 24.5 Å². The second-order valence-electron chi connectivity index (χ2n) is 5.07. The van der Waals surface area contributed by atoms with Crippen LogP contribution >= 0.6 is 0 Å². The number of likely N-dealkylation sites (tertiary alicyclic amines) is 1. The quantitative estimate of drug-likeness (QED) is 0.858. The van der Waals surface area contributed by atoms with E-state index in [0.29, 0.717) is 6.54 Å². The predicted molar refractivity (Wildman–Crippen MR) is 72.1 cm³/mol. The fourth-order valence-corrected chi connectivity index (χ4v) is 2.36. The van der Waals surface area contributed by atoms with Gasteiger partial charge in [0.1, 0.15) is 0 Å². The molecule has 5 nitrogen and oxygen atoms in total. The first-order valence-corrected chi connectivity index (χ1v) is 6.33. The molecule has 0 aliphatic carbocycles. The van der Waals surface area contributed by atoms with Crippen LogP contribution in [0.5, 0.6) is 0 Å². The van der Waals surface area contributed by atoms with Crippen LogP contribution in [0.4, 0.5) is 10.5 Å².